The van der Waals surface area contributed by atoms with Gasteiger partial charge < -0.3 is 9.47 Å². The number of ether oxygens (including phenoxy) is 2. The standard InChI is InChI=1S/C44H28Cl2N4O4/c45-29-19-23-31(24-20-29)49-43(41(51)33-15-7-9-17-35(33)53-43)37(27-11-3-1-4-12-27)39(47-49)40-38(28-13-5-2-6-14-28)44(42(52)34-16-8-10-18-36(34)54-44)50(48-40)32-25-21-30(46)22-26-32/h1-26,37-38H. The van der Waals surface area contributed by atoms with Crippen LogP contribution in [0.2, 0.25) is 10.0 Å². The van der Waals surface area contributed by atoms with Crippen molar-refractivity contribution in [3.63, 3.8) is 0 Å². The maximum atomic E-state index is 15.1. The van der Waals surface area contributed by atoms with E-state index in [0.29, 0.717) is 55.5 Å². The molecule has 8 nitrogen and oxygen atoms in total. The molecule has 4 heterocycles. The Balaban J connectivity index is 1.27. The average molecular weight is 748 g/mol. The number of hydrogen-bond acceptors (Lipinski definition) is 8. The van der Waals surface area contributed by atoms with E-state index in [2.05, 4.69) is 0 Å². The molecule has 0 aliphatic carbocycles. The Kier molecular flexibility index (Phi) is 7.31. The second-order valence-electron chi connectivity index (χ2n) is 13.5. The summed E-state index contributed by atoms with van der Waals surface area (Å²) in [6.07, 6.45) is 0. The molecule has 0 saturated heterocycles. The molecule has 4 unspecified atom stereocenters. The van der Waals surface area contributed by atoms with Gasteiger partial charge in [0.25, 0.3) is 11.4 Å². The maximum absolute atomic E-state index is 15.1. The lowest BCUT2D eigenvalue weighted by Crippen LogP contribution is -2.58. The van der Waals surface area contributed by atoms with Gasteiger partial charge in [0, 0.05) is 10.0 Å². The first-order chi connectivity index (χ1) is 26.4. The Morgan fingerprint density at radius 1 is 0.463 bits per heavy atom. The predicted molar refractivity (Wildman–Crippen MR) is 209 cm³/mol. The fraction of sp³-hybridized carbons (Fsp3) is 0.0909. The van der Waals surface area contributed by atoms with Gasteiger partial charge in [-0.1, -0.05) is 108 Å². The second kappa shape index (κ2) is 12.2. The van der Waals surface area contributed by atoms with E-state index in [9.17, 15) is 0 Å². The van der Waals surface area contributed by atoms with E-state index < -0.39 is 23.3 Å². The molecule has 6 aromatic carbocycles. The van der Waals surface area contributed by atoms with E-state index in [-0.39, 0.29) is 11.6 Å². The Bertz CT molecular complexity index is 2370. The van der Waals surface area contributed by atoms with Crippen molar-refractivity contribution in [3.8, 4) is 11.5 Å². The smallest absolute Gasteiger partial charge is 0.278 e. The number of ketones is 2. The third-order valence-electron chi connectivity index (χ3n) is 10.5. The van der Waals surface area contributed by atoms with Crippen LogP contribution in [0.5, 0.6) is 11.5 Å². The molecule has 2 spiro atoms. The molecule has 10 heteroatoms. The SMILES string of the molecule is O=C1c2ccccc2OC12C(c1ccccc1)C(C1=NN(c3ccc(Cl)cc3)C3(Oc4ccccc4C3=O)C1c1ccccc1)=NN2c1ccc(Cl)cc1. The largest absolute Gasteiger partial charge is 0.456 e. The number of carbonyl (C=O) groups is 2. The van der Waals surface area contributed by atoms with Crippen LogP contribution in [0, 0.1) is 0 Å². The van der Waals surface area contributed by atoms with Gasteiger partial charge in [-0.2, -0.15) is 10.2 Å². The van der Waals surface area contributed by atoms with Crippen LogP contribution in [0.25, 0.3) is 0 Å². The number of carbonyl (C=O) groups excluding carboxylic acids is 2. The first kappa shape index (κ1) is 32.4. The summed E-state index contributed by atoms with van der Waals surface area (Å²) in [4.78, 5) is 30.3. The van der Waals surface area contributed by atoms with E-state index in [0.717, 1.165) is 11.1 Å². The van der Waals surface area contributed by atoms with E-state index in [1.807, 2.05) is 109 Å². The highest BCUT2D eigenvalue weighted by atomic mass is 35.5. The number of anilines is 2. The molecule has 4 atom stereocenters. The summed E-state index contributed by atoms with van der Waals surface area (Å²) < 4.78 is 13.8. The molecule has 4 aliphatic heterocycles. The van der Waals surface area contributed by atoms with Crippen molar-refractivity contribution >= 4 is 57.6 Å². The number of nitrogens with zero attached hydrogens (tertiary/aromatic N) is 4. The minimum Gasteiger partial charge on any atom is -0.456 e. The van der Waals surface area contributed by atoms with Gasteiger partial charge >= 0.3 is 0 Å². The normalized spacial score (nSPS) is 23.7. The van der Waals surface area contributed by atoms with Crippen LogP contribution in [0.1, 0.15) is 43.7 Å². The number of rotatable bonds is 5. The van der Waals surface area contributed by atoms with Crippen LogP contribution in [0.15, 0.2) is 168 Å². The summed E-state index contributed by atoms with van der Waals surface area (Å²) >= 11 is 12.8. The minimum absolute atomic E-state index is 0.264. The average Bonchev–Trinajstić information content (AvgIpc) is 3.91. The van der Waals surface area contributed by atoms with Crippen LogP contribution in [-0.4, -0.2) is 34.4 Å². The van der Waals surface area contributed by atoms with E-state index >= 15 is 9.59 Å². The highest BCUT2D eigenvalue weighted by Gasteiger charge is 2.69. The van der Waals surface area contributed by atoms with Crippen molar-refractivity contribution in [2.45, 2.75) is 23.3 Å². The van der Waals surface area contributed by atoms with Crippen molar-refractivity contribution in [2.75, 3.05) is 10.0 Å². The summed E-state index contributed by atoms with van der Waals surface area (Å²) in [6.45, 7) is 0. The van der Waals surface area contributed by atoms with Crippen LogP contribution in [-0.2, 0) is 0 Å². The van der Waals surface area contributed by atoms with Crippen LogP contribution in [0.4, 0.5) is 11.4 Å². The van der Waals surface area contributed by atoms with Crippen LogP contribution >= 0.6 is 23.2 Å². The zero-order valence-electron chi connectivity index (χ0n) is 28.3. The molecule has 0 amide bonds. The van der Waals surface area contributed by atoms with Gasteiger partial charge in [-0.25, -0.2) is 10.0 Å². The Morgan fingerprint density at radius 2 is 0.815 bits per heavy atom. The number of hydrogen-bond donors (Lipinski definition) is 0. The van der Waals surface area contributed by atoms with Gasteiger partial charge in [0.1, 0.15) is 11.5 Å². The van der Waals surface area contributed by atoms with Crippen LogP contribution < -0.4 is 19.5 Å². The van der Waals surface area contributed by atoms with Gasteiger partial charge in [0.15, 0.2) is 0 Å². The van der Waals surface area contributed by atoms with Gasteiger partial charge in [0.05, 0.1) is 45.8 Å². The zero-order valence-corrected chi connectivity index (χ0v) is 29.9. The Hall–Kier alpha value is -6.22. The van der Waals surface area contributed by atoms with E-state index in [1.54, 1.807) is 58.5 Å². The van der Waals surface area contributed by atoms with E-state index in [4.69, 9.17) is 42.9 Å². The van der Waals surface area contributed by atoms with Crippen molar-refractivity contribution in [2.24, 2.45) is 10.2 Å². The number of benzene rings is 6. The van der Waals surface area contributed by atoms with Crippen molar-refractivity contribution in [1.82, 2.24) is 0 Å². The number of fused-ring (bicyclic) bond motifs is 2. The molecule has 0 aromatic heterocycles. The fourth-order valence-corrected chi connectivity index (χ4v) is 8.43. The Morgan fingerprint density at radius 3 is 1.19 bits per heavy atom. The monoisotopic (exact) mass is 746 g/mol. The molecule has 262 valence electrons. The molecule has 54 heavy (non-hydrogen) atoms. The third-order valence-corrected chi connectivity index (χ3v) is 11.0. The molecule has 10 rings (SSSR count). The predicted octanol–water partition coefficient (Wildman–Crippen LogP) is 9.56. The van der Waals surface area contributed by atoms with Gasteiger partial charge in [-0.3, -0.25) is 9.59 Å². The topological polar surface area (TPSA) is 83.8 Å². The number of halogens is 2. The number of Topliss-reactive ketones (excluding diaryl/α,β-unsaturated/α-hetero) is 2. The second-order valence-corrected chi connectivity index (χ2v) is 14.4. The lowest BCUT2D eigenvalue weighted by atomic mass is 9.74. The summed E-state index contributed by atoms with van der Waals surface area (Å²) in [7, 11) is 0. The molecular weight excluding hydrogens is 719 g/mol. The maximum Gasteiger partial charge on any atom is 0.278 e. The molecule has 0 saturated carbocycles. The molecule has 0 fully saturated rings. The van der Waals surface area contributed by atoms with Crippen molar-refractivity contribution < 1.29 is 19.1 Å². The Labute approximate surface area is 320 Å². The lowest BCUT2D eigenvalue weighted by Gasteiger charge is -2.37. The molecule has 0 N–H and O–H groups in total. The van der Waals surface area contributed by atoms with Gasteiger partial charge in [-0.15, -0.1) is 0 Å². The molecule has 0 bridgehead atoms. The van der Waals surface area contributed by atoms with Crippen molar-refractivity contribution in [1.29, 1.82) is 0 Å². The number of hydrazone groups is 2. The number of para-hydroxylation sites is 2. The van der Waals surface area contributed by atoms with E-state index in [1.165, 1.54) is 0 Å². The van der Waals surface area contributed by atoms with Crippen LogP contribution in [0.3, 0.4) is 0 Å². The summed E-state index contributed by atoms with van der Waals surface area (Å²) in [5, 5.41) is 15.1. The zero-order chi connectivity index (χ0) is 36.6. The highest BCUT2D eigenvalue weighted by Crippen LogP contribution is 2.56. The lowest BCUT2D eigenvalue weighted by molar-refractivity contribution is 0.0539. The first-order valence-corrected chi connectivity index (χ1v) is 18.2. The molecule has 6 aromatic rings. The van der Waals surface area contributed by atoms with Gasteiger partial charge in [0.2, 0.25) is 11.6 Å². The van der Waals surface area contributed by atoms with Gasteiger partial charge in [-0.05, 0) is 83.9 Å². The molecule has 4 aliphatic rings. The highest BCUT2D eigenvalue weighted by molar-refractivity contribution is 6.50. The van der Waals surface area contributed by atoms with Crippen molar-refractivity contribution in [3.05, 3.63) is 190 Å². The summed E-state index contributed by atoms with van der Waals surface area (Å²) in [5.74, 6) is -1.31. The quantitative estimate of drug-likeness (QED) is 0.175. The fourth-order valence-electron chi connectivity index (χ4n) is 8.17. The minimum atomic E-state index is -1.71. The summed E-state index contributed by atoms with van der Waals surface area (Å²) in [6, 6.07) is 48.1. The first-order valence-electron chi connectivity index (χ1n) is 17.4. The molecule has 0 radical (unpaired) electrons. The molecular formula is C44H28Cl2N4O4. The summed E-state index contributed by atoms with van der Waals surface area (Å²) in [5.41, 5.74) is 1.03. The third kappa shape index (κ3) is 4.57.